The van der Waals surface area contributed by atoms with Gasteiger partial charge in [0.2, 0.25) is 0 Å². The van der Waals surface area contributed by atoms with Crippen molar-refractivity contribution in [3.8, 4) is 5.75 Å². The van der Waals surface area contributed by atoms with Crippen molar-refractivity contribution in [2.75, 3.05) is 5.32 Å². The fourth-order valence-electron chi connectivity index (χ4n) is 2.29. The summed E-state index contributed by atoms with van der Waals surface area (Å²) in [6.45, 7) is 2.06. The number of carbonyl (C=O) groups excluding carboxylic acids is 1. The highest BCUT2D eigenvalue weighted by atomic mass is 35.5. The van der Waals surface area contributed by atoms with Crippen molar-refractivity contribution < 1.29 is 13.9 Å². The number of anilines is 1. The molecular formula is C19H14Cl3NO3. The SMILES string of the molecule is Cc1cccc(Cl)c1OCc1ccc(C(=O)Nc2ccc(Cl)c(Cl)c2)o1. The molecule has 4 nitrogen and oxygen atoms in total. The van der Waals surface area contributed by atoms with E-state index >= 15 is 0 Å². The summed E-state index contributed by atoms with van der Waals surface area (Å²) >= 11 is 17.9. The first-order chi connectivity index (χ1) is 12.4. The Bertz CT molecular complexity index is 933. The molecule has 0 unspecified atom stereocenters. The predicted octanol–water partition coefficient (Wildman–Crippen LogP) is 6.38. The van der Waals surface area contributed by atoms with Crippen LogP contribution < -0.4 is 10.1 Å². The summed E-state index contributed by atoms with van der Waals surface area (Å²) in [4.78, 5) is 12.3. The van der Waals surface area contributed by atoms with Gasteiger partial charge in [0, 0.05) is 5.69 Å². The monoisotopic (exact) mass is 409 g/mol. The quantitative estimate of drug-likeness (QED) is 0.531. The van der Waals surface area contributed by atoms with Gasteiger partial charge >= 0.3 is 0 Å². The van der Waals surface area contributed by atoms with Crippen LogP contribution in [0.1, 0.15) is 21.9 Å². The van der Waals surface area contributed by atoms with Gasteiger partial charge in [0.25, 0.3) is 5.91 Å². The minimum atomic E-state index is -0.399. The topological polar surface area (TPSA) is 51.5 Å². The van der Waals surface area contributed by atoms with E-state index in [9.17, 15) is 4.79 Å². The average molecular weight is 411 g/mol. The smallest absolute Gasteiger partial charge is 0.291 e. The first kappa shape index (κ1) is 18.6. The maximum Gasteiger partial charge on any atom is 0.291 e. The molecule has 0 aliphatic carbocycles. The standard InChI is InChI=1S/C19H14Cl3NO3/c1-11-3-2-4-15(21)18(11)25-10-13-6-8-17(26-13)19(24)23-12-5-7-14(20)16(22)9-12/h2-9H,10H2,1H3,(H,23,24). The van der Waals surface area contributed by atoms with Crippen LogP contribution in [0, 0.1) is 6.92 Å². The van der Waals surface area contributed by atoms with Crippen molar-refractivity contribution in [1.29, 1.82) is 0 Å². The van der Waals surface area contributed by atoms with E-state index in [0.29, 0.717) is 32.3 Å². The molecule has 0 spiro atoms. The van der Waals surface area contributed by atoms with E-state index < -0.39 is 5.91 Å². The zero-order chi connectivity index (χ0) is 18.7. The van der Waals surface area contributed by atoms with Crippen LogP contribution in [-0.4, -0.2) is 5.91 Å². The van der Waals surface area contributed by atoms with Crippen molar-refractivity contribution in [2.24, 2.45) is 0 Å². The zero-order valence-electron chi connectivity index (χ0n) is 13.7. The van der Waals surface area contributed by atoms with E-state index in [4.69, 9.17) is 44.0 Å². The van der Waals surface area contributed by atoms with Crippen LogP contribution in [0.2, 0.25) is 15.1 Å². The fourth-order valence-corrected chi connectivity index (χ4v) is 2.86. The third-order valence-electron chi connectivity index (χ3n) is 3.59. The highest BCUT2D eigenvalue weighted by Crippen LogP contribution is 2.29. The molecule has 0 atom stereocenters. The summed E-state index contributed by atoms with van der Waals surface area (Å²) in [7, 11) is 0. The number of carbonyl (C=O) groups is 1. The molecule has 0 saturated heterocycles. The molecule has 0 radical (unpaired) electrons. The largest absolute Gasteiger partial charge is 0.484 e. The fraction of sp³-hybridized carbons (Fsp3) is 0.105. The maximum atomic E-state index is 12.3. The average Bonchev–Trinajstić information content (AvgIpc) is 3.07. The van der Waals surface area contributed by atoms with Crippen molar-refractivity contribution in [1.82, 2.24) is 0 Å². The Labute approximate surface area is 165 Å². The number of hydrogen-bond acceptors (Lipinski definition) is 3. The van der Waals surface area contributed by atoms with Gasteiger partial charge in [-0.3, -0.25) is 4.79 Å². The Hall–Kier alpha value is -2.14. The van der Waals surface area contributed by atoms with Crippen LogP contribution >= 0.6 is 34.8 Å². The molecule has 0 bridgehead atoms. The predicted molar refractivity (Wildman–Crippen MR) is 104 cm³/mol. The summed E-state index contributed by atoms with van der Waals surface area (Å²) in [5.74, 6) is 0.852. The molecule has 0 aliphatic rings. The molecule has 0 saturated carbocycles. The molecule has 0 aliphatic heterocycles. The summed E-state index contributed by atoms with van der Waals surface area (Å²) in [5.41, 5.74) is 1.44. The van der Waals surface area contributed by atoms with Gasteiger partial charge in [0.1, 0.15) is 18.1 Å². The number of nitrogens with one attached hydrogen (secondary N) is 1. The highest BCUT2D eigenvalue weighted by Gasteiger charge is 2.13. The molecule has 7 heteroatoms. The normalized spacial score (nSPS) is 10.6. The Morgan fingerprint density at radius 1 is 1.04 bits per heavy atom. The number of ether oxygens (including phenoxy) is 1. The lowest BCUT2D eigenvalue weighted by molar-refractivity contribution is 0.0992. The van der Waals surface area contributed by atoms with Gasteiger partial charge in [-0.05, 0) is 48.9 Å². The van der Waals surface area contributed by atoms with Crippen molar-refractivity contribution in [3.05, 3.63) is 80.7 Å². The Balaban J connectivity index is 1.65. The molecule has 3 aromatic rings. The van der Waals surface area contributed by atoms with Gasteiger partial charge in [-0.15, -0.1) is 0 Å². The van der Waals surface area contributed by atoms with Crippen molar-refractivity contribution in [2.45, 2.75) is 13.5 Å². The number of benzene rings is 2. The first-order valence-electron chi connectivity index (χ1n) is 7.67. The molecule has 3 rings (SSSR count). The van der Waals surface area contributed by atoms with E-state index in [2.05, 4.69) is 5.32 Å². The van der Waals surface area contributed by atoms with Crippen LogP contribution in [0.3, 0.4) is 0 Å². The molecule has 26 heavy (non-hydrogen) atoms. The van der Waals surface area contributed by atoms with E-state index in [1.165, 1.54) is 0 Å². The molecule has 2 aromatic carbocycles. The third kappa shape index (κ3) is 4.33. The van der Waals surface area contributed by atoms with E-state index in [1.54, 1.807) is 36.4 Å². The Morgan fingerprint density at radius 2 is 1.85 bits per heavy atom. The lowest BCUT2D eigenvalue weighted by Crippen LogP contribution is -2.10. The van der Waals surface area contributed by atoms with Crippen LogP contribution in [0.5, 0.6) is 5.75 Å². The molecule has 1 aromatic heterocycles. The summed E-state index contributed by atoms with van der Waals surface area (Å²) < 4.78 is 11.2. The van der Waals surface area contributed by atoms with Crippen LogP contribution in [0.15, 0.2) is 52.9 Å². The second-order valence-corrected chi connectivity index (χ2v) is 6.75. The van der Waals surface area contributed by atoms with Gasteiger partial charge in [-0.25, -0.2) is 0 Å². The van der Waals surface area contributed by atoms with Gasteiger partial charge < -0.3 is 14.5 Å². The molecule has 1 amide bonds. The summed E-state index contributed by atoms with van der Waals surface area (Å²) in [6.07, 6.45) is 0. The van der Waals surface area contributed by atoms with Crippen LogP contribution in [0.25, 0.3) is 0 Å². The number of furan rings is 1. The highest BCUT2D eigenvalue weighted by molar-refractivity contribution is 6.42. The number of hydrogen-bond donors (Lipinski definition) is 1. The second kappa shape index (κ2) is 8.04. The number of aryl methyl sites for hydroxylation is 1. The number of halogens is 3. The third-order valence-corrected chi connectivity index (χ3v) is 4.62. The summed E-state index contributed by atoms with van der Waals surface area (Å²) in [5, 5.41) is 3.98. The number of rotatable bonds is 5. The Kier molecular flexibility index (Phi) is 5.77. The minimum absolute atomic E-state index is 0.157. The maximum absolute atomic E-state index is 12.3. The van der Waals surface area contributed by atoms with Crippen molar-refractivity contribution in [3.63, 3.8) is 0 Å². The van der Waals surface area contributed by atoms with Gasteiger partial charge in [0.05, 0.1) is 15.1 Å². The van der Waals surface area contributed by atoms with Gasteiger partial charge in [-0.2, -0.15) is 0 Å². The van der Waals surface area contributed by atoms with Gasteiger partial charge in [0.15, 0.2) is 5.76 Å². The molecule has 1 N–H and O–H groups in total. The van der Waals surface area contributed by atoms with Crippen LogP contribution in [-0.2, 0) is 6.61 Å². The first-order valence-corrected chi connectivity index (χ1v) is 8.80. The molecule has 1 heterocycles. The van der Waals surface area contributed by atoms with Gasteiger partial charge in [-0.1, -0.05) is 46.9 Å². The molecule has 134 valence electrons. The molecular weight excluding hydrogens is 397 g/mol. The minimum Gasteiger partial charge on any atom is -0.484 e. The summed E-state index contributed by atoms with van der Waals surface area (Å²) in [6, 6.07) is 13.6. The Morgan fingerprint density at radius 3 is 2.58 bits per heavy atom. The lowest BCUT2D eigenvalue weighted by Gasteiger charge is -2.09. The van der Waals surface area contributed by atoms with E-state index in [0.717, 1.165) is 5.56 Å². The molecule has 0 fully saturated rings. The van der Waals surface area contributed by atoms with Crippen LogP contribution in [0.4, 0.5) is 5.69 Å². The number of amides is 1. The second-order valence-electron chi connectivity index (χ2n) is 5.52. The number of para-hydroxylation sites is 1. The zero-order valence-corrected chi connectivity index (χ0v) is 16.0. The van der Waals surface area contributed by atoms with Crippen molar-refractivity contribution >= 4 is 46.4 Å². The van der Waals surface area contributed by atoms with E-state index in [-0.39, 0.29) is 12.4 Å². The lowest BCUT2D eigenvalue weighted by atomic mass is 10.2. The van der Waals surface area contributed by atoms with E-state index in [1.807, 2.05) is 19.1 Å².